The Morgan fingerprint density at radius 1 is 1.05 bits per heavy atom. The molecule has 0 spiro atoms. The van der Waals surface area contributed by atoms with Crippen LogP contribution in [0.2, 0.25) is 0 Å². The number of rotatable bonds is 6. The predicted molar refractivity (Wildman–Crippen MR) is 141 cm³/mol. The number of fused-ring (bicyclic) bond motifs is 1. The summed E-state index contributed by atoms with van der Waals surface area (Å²) in [5.74, 6) is 0.463. The number of nitrogens with one attached hydrogen (secondary N) is 1. The van der Waals surface area contributed by atoms with Crippen molar-refractivity contribution in [2.24, 2.45) is 0 Å². The van der Waals surface area contributed by atoms with Gasteiger partial charge in [0.1, 0.15) is 23.3 Å². The van der Waals surface area contributed by atoms with Crippen molar-refractivity contribution in [3.05, 3.63) is 36.2 Å². The fourth-order valence-corrected chi connectivity index (χ4v) is 4.90. The lowest BCUT2D eigenvalue weighted by molar-refractivity contribution is 0.0467. The summed E-state index contributed by atoms with van der Waals surface area (Å²) < 4.78 is 46.6. The van der Waals surface area contributed by atoms with Crippen LogP contribution in [0.4, 0.5) is 19.4 Å². The van der Waals surface area contributed by atoms with Crippen molar-refractivity contribution in [3.63, 3.8) is 0 Å². The van der Waals surface area contributed by atoms with Gasteiger partial charge >= 0.3 is 12.1 Å². The van der Waals surface area contributed by atoms with Crippen molar-refractivity contribution < 1.29 is 27.8 Å². The summed E-state index contributed by atoms with van der Waals surface area (Å²) in [4.78, 5) is 27.6. The first-order chi connectivity index (χ1) is 18.7. The molecule has 0 bridgehead atoms. The van der Waals surface area contributed by atoms with Crippen LogP contribution in [0, 0.1) is 0 Å². The van der Waals surface area contributed by atoms with Crippen LogP contribution in [0.25, 0.3) is 16.9 Å². The molecular formula is C27H34F2N6O4. The number of morpholine rings is 1. The van der Waals surface area contributed by atoms with E-state index >= 15 is 0 Å². The van der Waals surface area contributed by atoms with E-state index in [1.165, 1.54) is 4.57 Å². The van der Waals surface area contributed by atoms with Gasteiger partial charge in [0.05, 0.1) is 24.2 Å². The van der Waals surface area contributed by atoms with E-state index < -0.39 is 18.1 Å². The number of carbonyl (C=O) groups is 1. The van der Waals surface area contributed by atoms with Crippen LogP contribution in [0.15, 0.2) is 30.3 Å². The molecule has 3 aromatic rings. The summed E-state index contributed by atoms with van der Waals surface area (Å²) in [5, 5.41) is 2.93. The van der Waals surface area contributed by atoms with E-state index in [0.717, 1.165) is 0 Å². The zero-order chi connectivity index (χ0) is 27.6. The maximum absolute atomic E-state index is 14.1. The fraction of sp³-hybridized carbons (Fsp3) is 0.556. The Morgan fingerprint density at radius 2 is 1.74 bits per heavy atom. The third kappa shape index (κ3) is 6.55. The Morgan fingerprint density at radius 3 is 2.44 bits per heavy atom. The fourth-order valence-electron chi connectivity index (χ4n) is 4.90. The molecule has 1 saturated carbocycles. The lowest BCUT2D eigenvalue weighted by Crippen LogP contribution is -2.42. The van der Waals surface area contributed by atoms with Gasteiger partial charge in [-0.15, -0.1) is 0 Å². The lowest BCUT2D eigenvalue weighted by Gasteiger charge is -2.31. The third-order valence-electron chi connectivity index (χ3n) is 6.69. The molecule has 0 radical (unpaired) electrons. The van der Waals surface area contributed by atoms with Gasteiger partial charge in [-0.25, -0.2) is 18.6 Å². The van der Waals surface area contributed by atoms with Gasteiger partial charge in [-0.3, -0.25) is 4.57 Å². The van der Waals surface area contributed by atoms with Gasteiger partial charge in [0.25, 0.3) is 6.43 Å². The number of anilines is 1. The molecule has 1 N–H and O–H groups in total. The highest BCUT2D eigenvalue weighted by atomic mass is 19.3. The molecular weight excluding hydrogens is 510 g/mol. The van der Waals surface area contributed by atoms with E-state index in [-0.39, 0.29) is 29.8 Å². The second kappa shape index (κ2) is 11.3. The molecule has 12 heteroatoms. The van der Waals surface area contributed by atoms with Gasteiger partial charge in [-0.2, -0.15) is 9.97 Å². The molecule has 1 aromatic carbocycles. The molecule has 39 heavy (non-hydrogen) atoms. The topological polar surface area (TPSA) is 104 Å². The molecule has 1 saturated heterocycles. The van der Waals surface area contributed by atoms with E-state index in [1.54, 1.807) is 30.3 Å². The Hall–Kier alpha value is -3.54. The van der Waals surface area contributed by atoms with Gasteiger partial charge in [0, 0.05) is 25.2 Å². The number of amides is 1. The van der Waals surface area contributed by atoms with E-state index in [2.05, 4.69) is 20.3 Å². The first kappa shape index (κ1) is 27.0. The number of nitrogens with zero attached hydrogens (tertiary/aromatic N) is 5. The Kier molecular flexibility index (Phi) is 7.83. The number of halogens is 2. The summed E-state index contributed by atoms with van der Waals surface area (Å²) in [6.07, 6.45) is -0.627. The molecule has 2 fully saturated rings. The van der Waals surface area contributed by atoms with Crippen molar-refractivity contribution in [2.45, 2.75) is 70.6 Å². The highest BCUT2D eigenvalue weighted by Crippen LogP contribution is 2.31. The van der Waals surface area contributed by atoms with Crippen LogP contribution < -0.4 is 15.0 Å². The number of hydrogen-bond acceptors (Lipinski definition) is 8. The Bertz CT molecular complexity index is 1300. The average molecular weight is 545 g/mol. The SMILES string of the molecule is CC(C)(C)OC(=O)NC1CCC(Oc2nc(N3CCOCC3)cc(-n3c(C(F)F)nc4ccccc43)n2)CC1. The first-order valence-electron chi connectivity index (χ1n) is 13.3. The Labute approximate surface area is 225 Å². The minimum absolute atomic E-state index is 0.0122. The molecule has 1 aliphatic carbocycles. The number of alkyl carbamates (subject to hydrolysis) is 1. The molecule has 2 aromatic heterocycles. The van der Waals surface area contributed by atoms with Gasteiger partial charge in [0.2, 0.25) is 0 Å². The molecule has 2 aliphatic rings. The molecule has 1 aliphatic heterocycles. The highest BCUT2D eigenvalue weighted by molar-refractivity contribution is 5.78. The van der Waals surface area contributed by atoms with Crippen molar-refractivity contribution in [3.8, 4) is 11.8 Å². The van der Waals surface area contributed by atoms with Crippen molar-refractivity contribution >= 4 is 22.9 Å². The maximum atomic E-state index is 14.1. The third-order valence-corrected chi connectivity index (χ3v) is 6.69. The Balaban J connectivity index is 1.38. The lowest BCUT2D eigenvalue weighted by atomic mass is 9.93. The smallest absolute Gasteiger partial charge is 0.407 e. The number of carbonyl (C=O) groups excluding carboxylic acids is 1. The standard InChI is InChI=1S/C27H34F2N6O4/c1-27(2,3)39-26(36)30-17-8-10-18(11-9-17)38-25-32-21(34-12-14-37-15-13-34)16-22(33-25)35-20-7-5-4-6-19(20)31-24(35)23(28)29/h4-7,16-18,23H,8-15H2,1-3H3,(H,30,36). The summed E-state index contributed by atoms with van der Waals surface area (Å²) in [5.41, 5.74) is 0.423. The number of imidazole rings is 1. The number of benzene rings is 1. The first-order valence-corrected chi connectivity index (χ1v) is 13.3. The number of alkyl halides is 2. The zero-order valence-corrected chi connectivity index (χ0v) is 22.4. The van der Waals surface area contributed by atoms with Crippen molar-refractivity contribution in [1.29, 1.82) is 0 Å². The van der Waals surface area contributed by atoms with Gasteiger partial charge in [0.15, 0.2) is 5.82 Å². The number of hydrogen-bond donors (Lipinski definition) is 1. The molecule has 0 unspecified atom stereocenters. The van der Waals surface area contributed by atoms with Crippen molar-refractivity contribution in [2.75, 3.05) is 31.2 Å². The second-order valence-corrected chi connectivity index (χ2v) is 10.8. The van der Waals surface area contributed by atoms with E-state index in [0.29, 0.717) is 68.8 Å². The minimum Gasteiger partial charge on any atom is -0.460 e. The van der Waals surface area contributed by atoms with Crippen LogP contribution in [-0.4, -0.2) is 69.7 Å². The van der Waals surface area contributed by atoms with E-state index in [4.69, 9.17) is 14.2 Å². The van der Waals surface area contributed by atoms with E-state index in [1.807, 2.05) is 25.7 Å². The molecule has 1 amide bonds. The summed E-state index contributed by atoms with van der Waals surface area (Å²) in [6, 6.07) is 8.78. The van der Waals surface area contributed by atoms with Crippen LogP contribution in [0.1, 0.15) is 58.7 Å². The monoisotopic (exact) mass is 544 g/mol. The zero-order valence-electron chi connectivity index (χ0n) is 22.4. The van der Waals surface area contributed by atoms with Gasteiger partial charge in [-0.05, 0) is 58.6 Å². The summed E-state index contributed by atoms with van der Waals surface area (Å²) >= 11 is 0. The molecule has 5 rings (SSSR count). The van der Waals surface area contributed by atoms with Gasteiger partial charge in [-0.1, -0.05) is 12.1 Å². The van der Waals surface area contributed by atoms with E-state index in [9.17, 15) is 13.6 Å². The van der Waals surface area contributed by atoms with Crippen LogP contribution in [0.3, 0.4) is 0 Å². The van der Waals surface area contributed by atoms with Crippen LogP contribution >= 0.6 is 0 Å². The molecule has 10 nitrogen and oxygen atoms in total. The number of ether oxygens (including phenoxy) is 3. The maximum Gasteiger partial charge on any atom is 0.407 e. The molecule has 3 heterocycles. The molecule has 210 valence electrons. The number of para-hydroxylation sites is 2. The average Bonchev–Trinajstić information content (AvgIpc) is 3.29. The minimum atomic E-state index is -2.80. The predicted octanol–water partition coefficient (Wildman–Crippen LogP) is 4.80. The second-order valence-electron chi connectivity index (χ2n) is 10.8. The largest absolute Gasteiger partial charge is 0.460 e. The van der Waals surface area contributed by atoms with Gasteiger partial charge < -0.3 is 24.4 Å². The molecule has 0 atom stereocenters. The summed E-state index contributed by atoms with van der Waals surface area (Å²) in [7, 11) is 0. The number of aromatic nitrogens is 4. The van der Waals surface area contributed by atoms with Crippen molar-refractivity contribution in [1.82, 2.24) is 24.8 Å². The summed E-state index contributed by atoms with van der Waals surface area (Å²) in [6.45, 7) is 7.79. The van der Waals surface area contributed by atoms with Crippen LogP contribution in [0.5, 0.6) is 6.01 Å². The quantitative estimate of drug-likeness (QED) is 0.472. The van der Waals surface area contributed by atoms with Crippen LogP contribution in [-0.2, 0) is 9.47 Å². The highest BCUT2D eigenvalue weighted by Gasteiger charge is 2.28. The normalized spacial score (nSPS) is 20.3.